The van der Waals surface area contributed by atoms with Crippen molar-refractivity contribution in [3.05, 3.63) is 40.4 Å². The van der Waals surface area contributed by atoms with Crippen molar-refractivity contribution in [2.75, 3.05) is 5.32 Å². The summed E-state index contributed by atoms with van der Waals surface area (Å²) in [6, 6.07) is 2.87. The van der Waals surface area contributed by atoms with Gasteiger partial charge in [0.25, 0.3) is 5.91 Å². The van der Waals surface area contributed by atoms with E-state index in [0.29, 0.717) is 5.01 Å². The van der Waals surface area contributed by atoms with Gasteiger partial charge >= 0.3 is 0 Å². The first-order valence-corrected chi connectivity index (χ1v) is 6.10. The lowest BCUT2D eigenvalue weighted by atomic mass is 10.2. The van der Waals surface area contributed by atoms with Crippen LogP contribution in [0.1, 0.15) is 15.4 Å². The molecule has 1 heterocycles. The van der Waals surface area contributed by atoms with Gasteiger partial charge in [0.15, 0.2) is 11.6 Å². The van der Waals surface area contributed by atoms with Crippen LogP contribution in [0.4, 0.5) is 13.9 Å². The fourth-order valence-electron chi connectivity index (χ4n) is 1.16. The highest BCUT2D eigenvalue weighted by Gasteiger charge is 2.12. The van der Waals surface area contributed by atoms with Crippen molar-refractivity contribution < 1.29 is 13.6 Å². The molecular weight excluding hydrogens is 284 g/mol. The zero-order valence-corrected chi connectivity index (χ0v) is 10.4. The van der Waals surface area contributed by atoms with Gasteiger partial charge in [-0.3, -0.25) is 10.1 Å². The maximum Gasteiger partial charge on any atom is 0.257 e. The van der Waals surface area contributed by atoms with E-state index in [0.717, 1.165) is 23.5 Å². The largest absolute Gasteiger partial charge is 0.296 e. The predicted molar refractivity (Wildman–Crippen MR) is 63.8 cm³/mol. The Morgan fingerprint density at radius 1 is 1.33 bits per heavy atom. The van der Waals surface area contributed by atoms with Crippen LogP contribution in [0, 0.1) is 11.6 Å². The summed E-state index contributed by atoms with van der Waals surface area (Å²) in [5, 5.41) is 10.6. The number of amides is 1. The summed E-state index contributed by atoms with van der Waals surface area (Å²) in [6.07, 6.45) is 0. The summed E-state index contributed by atoms with van der Waals surface area (Å²) in [6.45, 7) is 0. The normalized spacial score (nSPS) is 10.4. The van der Waals surface area contributed by atoms with Crippen LogP contribution in [-0.4, -0.2) is 16.1 Å². The Hall–Kier alpha value is -1.60. The average molecular weight is 290 g/mol. The molecule has 2 rings (SSSR count). The number of carbonyl (C=O) groups is 1. The van der Waals surface area contributed by atoms with Gasteiger partial charge in [0.05, 0.1) is 5.88 Å². The Labute approximate surface area is 110 Å². The van der Waals surface area contributed by atoms with Gasteiger partial charge in [-0.25, -0.2) is 8.78 Å². The third-order valence-corrected chi connectivity index (χ3v) is 3.23. The fourth-order valence-corrected chi connectivity index (χ4v) is 1.97. The lowest BCUT2D eigenvalue weighted by Gasteiger charge is -2.01. The molecule has 0 saturated carbocycles. The van der Waals surface area contributed by atoms with Crippen LogP contribution in [0.5, 0.6) is 0 Å². The van der Waals surface area contributed by atoms with Crippen LogP contribution in [0.3, 0.4) is 0 Å². The predicted octanol–water partition coefficient (Wildman–Crippen LogP) is 2.81. The molecular formula is C10H6ClF2N3OS. The molecule has 18 heavy (non-hydrogen) atoms. The summed E-state index contributed by atoms with van der Waals surface area (Å²) >= 11 is 6.65. The molecule has 0 aliphatic heterocycles. The third-order valence-electron chi connectivity index (χ3n) is 1.98. The minimum atomic E-state index is -1.08. The molecule has 0 aliphatic carbocycles. The number of aromatic nitrogens is 2. The lowest BCUT2D eigenvalue weighted by molar-refractivity contribution is 0.102. The summed E-state index contributed by atoms with van der Waals surface area (Å²) in [5.41, 5.74) is -0.00322. The number of nitrogens with one attached hydrogen (secondary N) is 1. The molecule has 0 atom stereocenters. The first kappa shape index (κ1) is 12.8. The smallest absolute Gasteiger partial charge is 0.257 e. The Morgan fingerprint density at radius 2 is 2.11 bits per heavy atom. The second-order valence-corrected chi connectivity index (χ2v) is 4.55. The molecule has 0 radical (unpaired) electrons. The number of rotatable bonds is 3. The Morgan fingerprint density at radius 3 is 2.72 bits per heavy atom. The van der Waals surface area contributed by atoms with Crippen molar-refractivity contribution >= 4 is 34.0 Å². The van der Waals surface area contributed by atoms with Crippen LogP contribution >= 0.6 is 22.9 Å². The van der Waals surface area contributed by atoms with Gasteiger partial charge in [-0.1, -0.05) is 11.3 Å². The summed E-state index contributed by atoms with van der Waals surface area (Å²) in [5.74, 6) is -2.49. The van der Waals surface area contributed by atoms with Crippen LogP contribution in [0.15, 0.2) is 18.2 Å². The fraction of sp³-hybridized carbons (Fsp3) is 0.100. The molecule has 1 amide bonds. The van der Waals surface area contributed by atoms with Gasteiger partial charge in [0.1, 0.15) is 5.01 Å². The second kappa shape index (κ2) is 5.36. The summed E-state index contributed by atoms with van der Waals surface area (Å²) in [4.78, 5) is 11.7. The highest BCUT2D eigenvalue weighted by atomic mass is 35.5. The number of halogens is 3. The van der Waals surface area contributed by atoms with Crippen molar-refractivity contribution in [2.24, 2.45) is 0 Å². The number of alkyl halides is 1. The van der Waals surface area contributed by atoms with Crippen LogP contribution < -0.4 is 5.32 Å². The van der Waals surface area contributed by atoms with Gasteiger partial charge in [-0.15, -0.1) is 21.8 Å². The van der Waals surface area contributed by atoms with Gasteiger partial charge in [0, 0.05) is 5.56 Å². The molecule has 0 bridgehead atoms. The monoisotopic (exact) mass is 289 g/mol. The van der Waals surface area contributed by atoms with Crippen LogP contribution in [0.2, 0.25) is 0 Å². The highest BCUT2D eigenvalue weighted by molar-refractivity contribution is 7.15. The number of hydrogen-bond donors (Lipinski definition) is 1. The molecule has 0 fully saturated rings. The number of nitrogens with zero attached hydrogens (tertiary/aromatic N) is 2. The molecule has 0 unspecified atom stereocenters. The lowest BCUT2D eigenvalue weighted by Crippen LogP contribution is -2.12. The highest BCUT2D eigenvalue weighted by Crippen LogP contribution is 2.18. The van der Waals surface area contributed by atoms with E-state index in [1.54, 1.807) is 0 Å². The maximum absolute atomic E-state index is 12.9. The molecule has 1 aromatic carbocycles. The minimum Gasteiger partial charge on any atom is -0.296 e. The number of benzene rings is 1. The molecule has 0 saturated heterocycles. The first-order chi connectivity index (χ1) is 8.60. The van der Waals surface area contributed by atoms with E-state index >= 15 is 0 Å². The van der Waals surface area contributed by atoms with E-state index in [2.05, 4.69) is 15.5 Å². The summed E-state index contributed by atoms with van der Waals surface area (Å²) in [7, 11) is 0. The van der Waals surface area contributed by atoms with E-state index in [4.69, 9.17) is 11.6 Å². The summed E-state index contributed by atoms with van der Waals surface area (Å²) < 4.78 is 25.6. The molecule has 2 aromatic rings. The quantitative estimate of drug-likeness (QED) is 0.884. The van der Waals surface area contributed by atoms with Crippen molar-refractivity contribution in [2.45, 2.75) is 5.88 Å². The molecule has 8 heteroatoms. The van der Waals surface area contributed by atoms with E-state index in [9.17, 15) is 13.6 Å². The van der Waals surface area contributed by atoms with E-state index in [1.165, 1.54) is 6.07 Å². The molecule has 0 spiro atoms. The van der Waals surface area contributed by atoms with Crippen LogP contribution in [0.25, 0.3) is 0 Å². The molecule has 1 aromatic heterocycles. The van der Waals surface area contributed by atoms with Gasteiger partial charge in [0.2, 0.25) is 5.13 Å². The van der Waals surface area contributed by atoms with Crippen molar-refractivity contribution in [1.82, 2.24) is 10.2 Å². The Bertz CT molecular complexity index is 590. The number of anilines is 1. The van der Waals surface area contributed by atoms with E-state index < -0.39 is 17.5 Å². The van der Waals surface area contributed by atoms with Crippen molar-refractivity contribution in [3.63, 3.8) is 0 Å². The van der Waals surface area contributed by atoms with E-state index in [-0.39, 0.29) is 16.6 Å². The molecule has 4 nitrogen and oxygen atoms in total. The topological polar surface area (TPSA) is 54.9 Å². The zero-order chi connectivity index (χ0) is 13.1. The van der Waals surface area contributed by atoms with Crippen LogP contribution in [-0.2, 0) is 5.88 Å². The Balaban J connectivity index is 2.14. The van der Waals surface area contributed by atoms with Crippen molar-refractivity contribution in [3.8, 4) is 0 Å². The first-order valence-electron chi connectivity index (χ1n) is 4.75. The average Bonchev–Trinajstić information content (AvgIpc) is 2.80. The molecule has 94 valence electrons. The second-order valence-electron chi connectivity index (χ2n) is 3.22. The third kappa shape index (κ3) is 2.80. The number of carbonyl (C=O) groups excluding carboxylic acids is 1. The Kier molecular flexibility index (Phi) is 3.83. The minimum absolute atomic E-state index is 0.00322. The maximum atomic E-state index is 12.9. The van der Waals surface area contributed by atoms with Gasteiger partial charge in [-0.2, -0.15) is 0 Å². The molecule has 0 aliphatic rings. The van der Waals surface area contributed by atoms with E-state index in [1.807, 2.05) is 0 Å². The zero-order valence-electron chi connectivity index (χ0n) is 8.78. The standard InChI is InChI=1S/C10H6ClF2N3OS/c11-4-8-15-16-10(18-8)14-9(17)5-1-2-6(12)7(13)3-5/h1-3H,4H2,(H,14,16,17). The van der Waals surface area contributed by atoms with Crippen molar-refractivity contribution in [1.29, 1.82) is 0 Å². The van der Waals surface area contributed by atoms with Gasteiger partial charge < -0.3 is 0 Å². The molecule has 1 N–H and O–H groups in total. The van der Waals surface area contributed by atoms with Gasteiger partial charge in [-0.05, 0) is 18.2 Å². The number of hydrogen-bond acceptors (Lipinski definition) is 4. The SMILES string of the molecule is O=C(Nc1nnc(CCl)s1)c1ccc(F)c(F)c1.